The van der Waals surface area contributed by atoms with Crippen LogP contribution in [0.3, 0.4) is 0 Å². The molecule has 3 unspecified atom stereocenters. The number of urea groups is 1. The number of aliphatic hydroxyl groups is 1. The summed E-state index contributed by atoms with van der Waals surface area (Å²) in [4.78, 5) is 16.9. The van der Waals surface area contributed by atoms with Crippen LogP contribution >= 0.6 is 0 Å². The minimum absolute atomic E-state index is 0.0968. The summed E-state index contributed by atoms with van der Waals surface area (Å²) in [6, 6.07) is 0.417. The normalized spacial score (nSPS) is 35.3. The highest BCUT2D eigenvalue weighted by Gasteiger charge is 2.67. The number of carbonyl (C=O) groups excluding carboxylic acids is 1. The van der Waals surface area contributed by atoms with Crippen LogP contribution in [0.15, 0.2) is 0 Å². The van der Waals surface area contributed by atoms with Gasteiger partial charge in [0.25, 0.3) is 0 Å². The Bertz CT molecular complexity index is 492. The second kappa shape index (κ2) is 5.85. The van der Waals surface area contributed by atoms with Gasteiger partial charge in [0, 0.05) is 56.7 Å². The number of hydrogen-bond acceptors (Lipinski definition) is 4. The summed E-state index contributed by atoms with van der Waals surface area (Å²) in [5.41, 5.74) is -0.427. The van der Waals surface area contributed by atoms with Gasteiger partial charge in [0.2, 0.25) is 0 Å². The zero-order chi connectivity index (χ0) is 16.9. The van der Waals surface area contributed by atoms with Crippen LogP contribution in [0, 0.1) is 11.3 Å². The largest absolute Gasteiger partial charge is 0.389 e. The molecule has 4 fully saturated rings. The van der Waals surface area contributed by atoms with E-state index in [2.05, 4.69) is 10.2 Å². The van der Waals surface area contributed by atoms with E-state index in [1.54, 1.807) is 0 Å². The van der Waals surface area contributed by atoms with Crippen LogP contribution < -0.4 is 5.32 Å². The fraction of sp³-hybridized carbons (Fsp3) is 0.944. The zero-order valence-corrected chi connectivity index (χ0v) is 15.0. The molecule has 2 saturated heterocycles. The Morgan fingerprint density at radius 2 is 2.00 bits per heavy atom. The average molecular weight is 337 g/mol. The Morgan fingerprint density at radius 1 is 1.29 bits per heavy atom. The van der Waals surface area contributed by atoms with Crippen LogP contribution in [-0.2, 0) is 4.74 Å². The predicted octanol–water partition coefficient (Wildman–Crippen LogP) is 1.04. The van der Waals surface area contributed by atoms with Crippen molar-refractivity contribution in [1.82, 2.24) is 15.1 Å². The average Bonchev–Trinajstić information content (AvgIpc) is 2.87. The third-order valence-electron chi connectivity index (χ3n) is 6.59. The third kappa shape index (κ3) is 2.72. The smallest absolute Gasteiger partial charge is 0.317 e. The number of hydrogen-bond donors (Lipinski definition) is 2. The van der Waals surface area contributed by atoms with Crippen molar-refractivity contribution in [2.45, 2.75) is 57.3 Å². The Hall–Kier alpha value is -0.850. The maximum atomic E-state index is 12.7. The van der Waals surface area contributed by atoms with Crippen LogP contribution in [0.4, 0.5) is 4.79 Å². The van der Waals surface area contributed by atoms with Gasteiger partial charge in [-0.15, -0.1) is 0 Å². The van der Waals surface area contributed by atoms with Crippen LogP contribution in [-0.4, -0.2) is 78.0 Å². The molecule has 2 N–H and O–H groups in total. The molecular formula is C18H31N3O3. The first-order valence-corrected chi connectivity index (χ1v) is 9.51. The van der Waals surface area contributed by atoms with Crippen LogP contribution in [0.1, 0.15) is 39.5 Å². The Labute approximate surface area is 144 Å². The van der Waals surface area contributed by atoms with Gasteiger partial charge in [-0.05, 0) is 33.1 Å². The molecule has 0 radical (unpaired) electrons. The van der Waals surface area contributed by atoms with Gasteiger partial charge in [0.05, 0.1) is 11.7 Å². The molecule has 4 rings (SSSR count). The highest BCUT2D eigenvalue weighted by atomic mass is 16.5. The molecule has 0 aromatic rings. The van der Waals surface area contributed by atoms with Crippen molar-refractivity contribution in [3.8, 4) is 0 Å². The molecule has 6 heteroatoms. The van der Waals surface area contributed by atoms with E-state index < -0.39 is 5.60 Å². The van der Waals surface area contributed by atoms with E-state index in [1.807, 2.05) is 18.7 Å². The number of fused-ring (bicyclic) bond motifs is 2. The number of rotatable bonds is 3. The summed E-state index contributed by atoms with van der Waals surface area (Å²) in [6.45, 7) is 8.35. The number of carbonyl (C=O) groups is 1. The second-order valence-electron chi connectivity index (χ2n) is 8.83. The molecule has 2 saturated carbocycles. The zero-order valence-electron chi connectivity index (χ0n) is 15.0. The van der Waals surface area contributed by atoms with E-state index in [4.69, 9.17) is 4.74 Å². The summed E-state index contributed by atoms with van der Waals surface area (Å²) >= 11 is 0. The molecule has 0 aromatic carbocycles. The van der Waals surface area contributed by atoms with Crippen LogP contribution in [0.5, 0.6) is 0 Å². The van der Waals surface area contributed by atoms with E-state index >= 15 is 0 Å². The first-order chi connectivity index (χ1) is 11.4. The second-order valence-corrected chi connectivity index (χ2v) is 8.83. The summed E-state index contributed by atoms with van der Waals surface area (Å²) in [7, 11) is 0. The molecule has 1 spiro atoms. The minimum Gasteiger partial charge on any atom is -0.389 e. The van der Waals surface area contributed by atoms with Gasteiger partial charge in [0.1, 0.15) is 0 Å². The molecule has 2 aliphatic carbocycles. The standard InChI is InChI=1S/C18H31N3O3/c1-17(2,23)12-20-7-9-21(10-8-20)16(22)19-14-13-4-11-24-15(13)18(14)5-3-6-18/h13-15,23H,3-12H2,1-2H3,(H,19,22). The lowest BCUT2D eigenvalue weighted by Gasteiger charge is -2.63. The SMILES string of the molecule is CC(C)(O)CN1CCN(C(=O)NC2C3CCOC3C23CCC3)CC1. The molecule has 4 aliphatic rings. The lowest BCUT2D eigenvalue weighted by atomic mass is 9.46. The Balaban J connectivity index is 1.30. The topological polar surface area (TPSA) is 65.0 Å². The first kappa shape index (κ1) is 16.6. The lowest BCUT2D eigenvalue weighted by Crippen LogP contribution is -2.72. The van der Waals surface area contributed by atoms with E-state index in [0.29, 0.717) is 24.6 Å². The molecule has 2 aliphatic heterocycles. The van der Waals surface area contributed by atoms with E-state index in [-0.39, 0.29) is 11.4 Å². The number of amides is 2. The molecule has 2 amide bonds. The maximum Gasteiger partial charge on any atom is 0.317 e. The summed E-state index contributed by atoms with van der Waals surface area (Å²) in [5, 5.41) is 13.3. The molecule has 0 aromatic heterocycles. The van der Waals surface area contributed by atoms with Gasteiger partial charge in [0.15, 0.2) is 0 Å². The predicted molar refractivity (Wildman–Crippen MR) is 90.8 cm³/mol. The van der Waals surface area contributed by atoms with Crippen molar-refractivity contribution in [3.05, 3.63) is 0 Å². The number of piperazine rings is 1. The highest BCUT2D eigenvalue weighted by Crippen LogP contribution is 2.62. The van der Waals surface area contributed by atoms with Gasteiger partial charge >= 0.3 is 6.03 Å². The van der Waals surface area contributed by atoms with Crippen LogP contribution in [0.25, 0.3) is 0 Å². The van der Waals surface area contributed by atoms with Crippen molar-refractivity contribution in [2.75, 3.05) is 39.3 Å². The molecular weight excluding hydrogens is 306 g/mol. The number of ether oxygens (including phenoxy) is 1. The van der Waals surface area contributed by atoms with Crippen molar-refractivity contribution >= 4 is 6.03 Å². The fourth-order valence-corrected chi connectivity index (χ4v) is 5.34. The van der Waals surface area contributed by atoms with Gasteiger partial charge in [-0.1, -0.05) is 6.42 Å². The van der Waals surface area contributed by atoms with Crippen molar-refractivity contribution < 1.29 is 14.6 Å². The number of nitrogens with zero attached hydrogens (tertiary/aromatic N) is 2. The minimum atomic E-state index is -0.676. The summed E-state index contributed by atoms with van der Waals surface area (Å²) in [5.74, 6) is 0.533. The number of nitrogens with one attached hydrogen (secondary N) is 1. The quantitative estimate of drug-likeness (QED) is 0.808. The van der Waals surface area contributed by atoms with Gasteiger partial charge in [-0.3, -0.25) is 4.90 Å². The molecule has 0 bridgehead atoms. The summed E-state index contributed by atoms with van der Waals surface area (Å²) < 4.78 is 5.93. The maximum absolute atomic E-state index is 12.7. The third-order valence-corrected chi connectivity index (χ3v) is 6.59. The monoisotopic (exact) mass is 337 g/mol. The van der Waals surface area contributed by atoms with Crippen molar-refractivity contribution in [3.63, 3.8) is 0 Å². The van der Waals surface area contributed by atoms with Gasteiger partial charge in [-0.2, -0.15) is 0 Å². The molecule has 2 heterocycles. The van der Waals surface area contributed by atoms with E-state index in [0.717, 1.165) is 39.2 Å². The van der Waals surface area contributed by atoms with Gasteiger partial charge < -0.3 is 20.1 Å². The summed E-state index contributed by atoms with van der Waals surface area (Å²) in [6.07, 6.45) is 5.18. The first-order valence-electron chi connectivity index (χ1n) is 9.51. The Morgan fingerprint density at radius 3 is 2.58 bits per heavy atom. The molecule has 3 atom stereocenters. The highest BCUT2D eigenvalue weighted by molar-refractivity contribution is 5.75. The van der Waals surface area contributed by atoms with E-state index in [9.17, 15) is 9.90 Å². The van der Waals surface area contributed by atoms with Crippen molar-refractivity contribution in [1.29, 1.82) is 0 Å². The van der Waals surface area contributed by atoms with Crippen LogP contribution in [0.2, 0.25) is 0 Å². The molecule has 6 nitrogen and oxygen atoms in total. The molecule has 24 heavy (non-hydrogen) atoms. The Kier molecular flexibility index (Phi) is 4.05. The lowest BCUT2D eigenvalue weighted by molar-refractivity contribution is -0.172. The fourth-order valence-electron chi connectivity index (χ4n) is 5.34. The number of β-amino-alcohol motifs (C(OH)–C–C–N with tert-alkyl or cyclic N) is 1. The van der Waals surface area contributed by atoms with E-state index in [1.165, 1.54) is 19.3 Å². The molecule has 136 valence electrons. The van der Waals surface area contributed by atoms with Gasteiger partial charge in [-0.25, -0.2) is 4.79 Å². The van der Waals surface area contributed by atoms with Crippen molar-refractivity contribution in [2.24, 2.45) is 11.3 Å².